The largest absolute Gasteiger partial charge is 0.481 e. The number of nitrogens with zero attached hydrogens (tertiary/aromatic N) is 3. The van der Waals surface area contributed by atoms with E-state index in [4.69, 9.17) is 5.11 Å². The Morgan fingerprint density at radius 1 is 1.39 bits per heavy atom. The molecule has 0 amide bonds. The summed E-state index contributed by atoms with van der Waals surface area (Å²) >= 11 is 3.08. The number of thioether (sulfide) groups is 2. The number of carboxylic acids is 1. The lowest BCUT2D eigenvalue weighted by atomic mass is 10.3. The molecule has 0 bridgehead atoms. The van der Waals surface area contributed by atoms with E-state index in [9.17, 15) is 4.79 Å². The molecule has 0 radical (unpaired) electrons. The maximum Gasteiger partial charge on any atom is 0.313 e. The number of aromatic nitrogens is 3. The molecule has 102 valence electrons. The van der Waals surface area contributed by atoms with Crippen molar-refractivity contribution in [3.8, 4) is 0 Å². The molecule has 0 atom stereocenters. The second-order valence-electron chi connectivity index (χ2n) is 3.79. The molecule has 0 aliphatic heterocycles. The quantitative estimate of drug-likeness (QED) is 0.555. The Balaban J connectivity index is 2.60. The van der Waals surface area contributed by atoms with E-state index in [2.05, 4.69) is 16.5 Å². The predicted molar refractivity (Wildman–Crippen MR) is 75.4 cm³/mol. The normalized spacial score (nSPS) is 10.8. The topological polar surface area (TPSA) is 68.0 Å². The first-order valence-corrected chi connectivity index (χ1v) is 8.32. The highest BCUT2D eigenvalue weighted by atomic mass is 32.2. The Morgan fingerprint density at radius 2 is 2.17 bits per heavy atom. The molecule has 0 aromatic carbocycles. The second-order valence-corrected chi connectivity index (χ2v) is 5.71. The molecule has 0 fully saturated rings. The summed E-state index contributed by atoms with van der Waals surface area (Å²) in [7, 11) is 0. The van der Waals surface area contributed by atoms with Gasteiger partial charge in [0.1, 0.15) is 5.82 Å². The third kappa shape index (κ3) is 4.89. The molecule has 0 saturated carbocycles. The highest BCUT2D eigenvalue weighted by molar-refractivity contribution is 7.99. The van der Waals surface area contributed by atoms with E-state index in [0.717, 1.165) is 42.5 Å². The van der Waals surface area contributed by atoms with E-state index in [1.807, 2.05) is 23.3 Å². The van der Waals surface area contributed by atoms with Crippen molar-refractivity contribution in [1.82, 2.24) is 14.8 Å². The Kier molecular flexibility index (Phi) is 7.19. The zero-order chi connectivity index (χ0) is 13.4. The molecule has 7 heteroatoms. The van der Waals surface area contributed by atoms with Gasteiger partial charge in [-0.25, -0.2) is 0 Å². The molecule has 0 unspecified atom stereocenters. The van der Waals surface area contributed by atoms with E-state index in [1.54, 1.807) is 0 Å². The summed E-state index contributed by atoms with van der Waals surface area (Å²) in [6.45, 7) is 2.91. The van der Waals surface area contributed by atoms with Crippen LogP contribution in [0.4, 0.5) is 0 Å². The number of aryl methyl sites for hydroxylation is 1. The van der Waals surface area contributed by atoms with Gasteiger partial charge in [0.2, 0.25) is 0 Å². The van der Waals surface area contributed by atoms with Gasteiger partial charge in [0.05, 0.1) is 5.75 Å². The van der Waals surface area contributed by atoms with Gasteiger partial charge in [-0.15, -0.1) is 10.2 Å². The molecule has 1 aromatic rings. The van der Waals surface area contributed by atoms with Crippen molar-refractivity contribution in [1.29, 1.82) is 0 Å². The first-order chi connectivity index (χ1) is 8.69. The van der Waals surface area contributed by atoms with Gasteiger partial charge in [0, 0.05) is 13.0 Å². The lowest BCUT2D eigenvalue weighted by Crippen LogP contribution is -2.07. The van der Waals surface area contributed by atoms with Crippen LogP contribution in [0, 0.1) is 0 Å². The van der Waals surface area contributed by atoms with E-state index < -0.39 is 5.97 Å². The summed E-state index contributed by atoms with van der Waals surface area (Å²) in [4.78, 5) is 10.6. The minimum Gasteiger partial charge on any atom is -0.481 e. The van der Waals surface area contributed by atoms with Crippen LogP contribution in [0.3, 0.4) is 0 Å². The molecule has 18 heavy (non-hydrogen) atoms. The number of hydrogen-bond donors (Lipinski definition) is 1. The number of rotatable bonds is 9. The highest BCUT2D eigenvalue weighted by Crippen LogP contribution is 2.18. The average molecular weight is 289 g/mol. The zero-order valence-corrected chi connectivity index (χ0v) is 12.4. The Labute approximate surface area is 116 Å². The van der Waals surface area contributed by atoms with Crippen LogP contribution < -0.4 is 0 Å². The van der Waals surface area contributed by atoms with Crippen LogP contribution in [0.5, 0.6) is 0 Å². The number of hydrogen-bond acceptors (Lipinski definition) is 5. The summed E-state index contributed by atoms with van der Waals surface area (Å²) in [5.41, 5.74) is 0. The number of aliphatic carboxylic acids is 1. The average Bonchev–Trinajstić information content (AvgIpc) is 2.74. The van der Waals surface area contributed by atoms with E-state index in [1.165, 1.54) is 11.8 Å². The van der Waals surface area contributed by atoms with Crippen molar-refractivity contribution in [2.24, 2.45) is 0 Å². The van der Waals surface area contributed by atoms with E-state index in [-0.39, 0.29) is 5.75 Å². The summed E-state index contributed by atoms with van der Waals surface area (Å²) < 4.78 is 2.05. The molecule has 1 aromatic heterocycles. The lowest BCUT2D eigenvalue weighted by molar-refractivity contribution is -0.133. The molecule has 1 rings (SSSR count). The molecule has 1 heterocycles. The fourth-order valence-corrected chi connectivity index (χ4v) is 2.75. The Hall–Kier alpha value is -0.690. The van der Waals surface area contributed by atoms with Gasteiger partial charge in [-0.05, 0) is 24.9 Å². The maximum atomic E-state index is 10.6. The lowest BCUT2D eigenvalue weighted by Gasteiger charge is -2.08. The minimum atomic E-state index is -0.824. The third-order valence-corrected chi connectivity index (χ3v) is 4.06. The smallest absolute Gasteiger partial charge is 0.313 e. The molecule has 5 nitrogen and oxygen atoms in total. The summed E-state index contributed by atoms with van der Waals surface area (Å²) in [5.74, 6) is 1.30. The third-order valence-electron chi connectivity index (χ3n) is 2.41. The van der Waals surface area contributed by atoms with Crippen LogP contribution in [0.2, 0.25) is 0 Å². The van der Waals surface area contributed by atoms with Crippen LogP contribution in [-0.4, -0.2) is 43.6 Å². The van der Waals surface area contributed by atoms with Gasteiger partial charge in [-0.2, -0.15) is 11.8 Å². The van der Waals surface area contributed by atoms with Gasteiger partial charge < -0.3 is 9.67 Å². The molecular formula is C11H19N3O2S2. The van der Waals surface area contributed by atoms with Crippen molar-refractivity contribution in [3.05, 3.63) is 5.82 Å². The molecule has 1 N–H and O–H groups in total. The van der Waals surface area contributed by atoms with Gasteiger partial charge in [0.15, 0.2) is 5.16 Å². The number of carbonyl (C=O) groups is 1. The zero-order valence-electron chi connectivity index (χ0n) is 10.8. The van der Waals surface area contributed by atoms with Gasteiger partial charge in [-0.1, -0.05) is 18.7 Å². The summed E-state index contributed by atoms with van der Waals surface area (Å²) in [5, 5.41) is 17.6. The van der Waals surface area contributed by atoms with Crippen LogP contribution >= 0.6 is 23.5 Å². The number of unbranched alkanes of at least 4 members (excludes halogenated alkanes) is 1. The predicted octanol–water partition coefficient (Wildman–Crippen LogP) is 2.16. The van der Waals surface area contributed by atoms with Crippen LogP contribution in [0.25, 0.3) is 0 Å². The van der Waals surface area contributed by atoms with E-state index >= 15 is 0 Å². The first kappa shape index (κ1) is 15.4. The SMILES string of the molecule is CCc1nnc(SCC(=O)O)n1CCCCSC. The standard InChI is InChI=1S/C11H19N3O2S2/c1-3-9-12-13-11(18-8-10(15)16)14(9)6-4-5-7-17-2/h3-8H2,1-2H3,(H,15,16). The molecule has 0 aliphatic rings. The summed E-state index contributed by atoms with van der Waals surface area (Å²) in [6, 6.07) is 0. The van der Waals surface area contributed by atoms with Gasteiger partial charge in [0.25, 0.3) is 0 Å². The fraction of sp³-hybridized carbons (Fsp3) is 0.727. The molecular weight excluding hydrogens is 270 g/mol. The summed E-state index contributed by atoms with van der Waals surface area (Å²) in [6.07, 6.45) is 5.16. The fourth-order valence-electron chi connectivity index (χ4n) is 1.55. The van der Waals surface area contributed by atoms with Crippen molar-refractivity contribution < 1.29 is 9.90 Å². The Morgan fingerprint density at radius 3 is 2.78 bits per heavy atom. The van der Waals surface area contributed by atoms with Crippen LogP contribution in [0.1, 0.15) is 25.6 Å². The highest BCUT2D eigenvalue weighted by Gasteiger charge is 2.12. The van der Waals surface area contributed by atoms with Crippen molar-refractivity contribution in [2.45, 2.75) is 37.9 Å². The number of carboxylic acid groups (broad SMARTS) is 1. The maximum absolute atomic E-state index is 10.6. The molecule has 0 aliphatic carbocycles. The van der Waals surface area contributed by atoms with Crippen molar-refractivity contribution >= 4 is 29.5 Å². The monoisotopic (exact) mass is 289 g/mol. The molecule has 0 saturated heterocycles. The van der Waals surface area contributed by atoms with Crippen LogP contribution in [-0.2, 0) is 17.8 Å². The Bertz CT molecular complexity index is 382. The first-order valence-electron chi connectivity index (χ1n) is 5.94. The van der Waals surface area contributed by atoms with Crippen molar-refractivity contribution in [2.75, 3.05) is 17.8 Å². The van der Waals surface area contributed by atoms with Gasteiger partial charge in [-0.3, -0.25) is 4.79 Å². The van der Waals surface area contributed by atoms with E-state index in [0.29, 0.717) is 0 Å². The van der Waals surface area contributed by atoms with Crippen LogP contribution in [0.15, 0.2) is 5.16 Å². The van der Waals surface area contributed by atoms with Crippen molar-refractivity contribution in [3.63, 3.8) is 0 Å². The van der Waals surface area contributed by atoms with Gasteiger partial charge >= 0.3 is 5.97 Å². The minimum absolute atomic E-state index is 0.0344. The second kappa shape index (κ2) is 8.42. The molecule has 0 spiro atoms.